The van der Waals surface area contributed by atoms with Crippen LogP contribution in [-0.4, -0.2) is 18.9 Å². The number of unbranched alkanes of at least 4 members (excludes halogenated alkanes) is 2. The van der Waals surface area contributed by atoms with E-state index >= 15 is 0 Å². The minimum absolute atomic E-state index is 0.218. The van der Waals surface area contributed by atoms with Crippen molar-refractivity contribution in [1.82, 2.24) is 0 Å². The zero-order valence-electron chi connectivity index (χ0n) is 8.91. The predicted octanol–water partition coefficient (Wildman–Crippen LogP) is 2.26. The van der Waals surface area contributed by atoms with Gasteiger partial charge in [0.2, 0.25) is 0 Å². The molecule has 0 N–H and O–H groups in total. The monoisotopic (exact) mass is 198 g/mol. The van der Waals surface area contributed by atoms with Gasteiger partial charge in [-0.25, -0.2) is 0 Å². The lowest BCUT2D eigenvalue weighted by molar-refractivity contribution is -0.139. The highest BCUT2D eigenvalue weighted by atomic mass is 16.5. The first-order valence-corrected chi connectivity index (χ1v) is 4.88. The fourth-order valence-electron chi connectivity index (χ4n) is 1.02. The Kier molecular flexibility index (Phi) is 7.80. The number of hydrogen-bond acceptors (Lipinski definition) is 3. The molecule has 0 unspecified atom stereocenters. The van der Waals surface area contributed by atoms with Crippen molar-refractivity contribution in [2.45, 2.75) is 39.0 Å². The van der Waals surface area contributed by atoms with Gasteiger partial charge in [0.25, 0.3) is 0 Å². The van der Waals surface area contributed by atoms with E-state index in [0.717, 1.165) is 19.3 Å². The van der Waals surface area contributed by atoms with Gasteiger partial charge in [-0.2, -0.15) is 0 Å². The van der Waals surface area contributed by atoms with E-state index in [1.54, 1.807) is 13.0 Å². The summed E-state index contributed by atoms with van der Waals surface area (Å²) in [5.74, 6) is 0.0218. The Balaban J connectivity index is 3.27. The van der Waals surface area contributed by atoms with Crippen LogP contribution in [0.2, 0.25) is 0 Å². The van der Waals surface area contributed by atoms with Crippen LogP contribution in [0.1, 0.15) is 39.0 Å². The fraction of sp³-hybridized carbons (Fsp3) is 0.636. The van der Waals surface area contributed by atoms with Gasteiger partial charge in [0.05, 0.1) is 13.5 Å². The topological polar surface area (TPSA) is 43.4 Å². The Bertz CT molecular complexity index is 207. The summed E-state index contributed by atoms with van der Waals surface area (Å²) in [5, 5.41) is 0. The van der Waals surface area contributed by atoms with Crippen LogP contribution >= 0.6 is 0 Å². The second kappa shape index (κ2) is 8.48. The second-order valence-corrected chi connectivity index (χ2v) is 3.20. The summed E-state index contributed by atoms with van der Waals surface area (Å²) in [6, 6.07) is 0. The summed E-state index contributed by atoms with van der Waals surface area (Å²) in [6.45, 7) is 1.60. The second-order valence-electron chi connectivity index (χ2n) is 3.20. The molecule has 0 fully saturated rings. The molecule has 0 aromatic heterocycles. The van der Waals surface area contributed by atoms with Gasteiger partial charge in [-0.05, 0) is 26.2 Å². The first kappa shape index (κ1) is 12.9. The lowest BCUT2D eigenvalue weighted by Gasteiger charge is -1.94. The molecule has 0 heterocycles. The van der Waals surface area contributed by atoms with Gasteiger partial charge < -0.3 is 9.53 Å². The highest BCUT2D eigenvalue weighted by Gasteiger charge is 1.94. The van der Waals surface area contributed by atoms with Crippen molar-refractivity contribution < 1.29 is 14.3 Å². The quantitative estimate of drug-likeness (QED) is 0.358. The van der Waals surface area contributed by atoms with Crippen molar-refractivity contribution in [1.29, 1.82) is 0 Å². The molecule has 0 rings (SSSR count). The van der Waals surface area contributed by atoms with Crippen molar-refractivity contribution in [2.75, 3.05) is 7.11 Å². The van der Waals surface area contributed by atoms with Crippen LogP contribution < -0.4 is 0 Å². The Morgan fingerprint density at radius 1 is 1.21 bits per heavy atom. The fourth-order valence-corrected chi connectivity index (χ4v) is 1.02. The number of allylic oxidation sites excluding steroid dienone is 1. The molecule has 0 aromatic rings. The van der Waals surface area contributed by atoms with E-state index in [1.807, 2.05) is 6.08 Å². The Morgan fingerprint density at radius 3 is 2.50 bits per heavy atom. The predicted molar refractivity (Wildman–Crippen MR) is 54.9 cm³/mol. The molecule has 3 nitrogen and oxygen atoms in total. The highest BCUT2D eigenvalue weighted by molar-refractivity contribution is 5.75. The van der Waals surface area contributed by atoms with E-state index in [4.69, 9.17) is 0 Å². The first-order valence-electron chi connectivity index (χ1n) is 4.88. The first-order chi connectivity index (χ1) is 6.66. The van der Waals surface area contributed by atoms with Crippen molar-refractivity contribution in [3.05, 3.63) is 12.2 Å². The Morgan fingerprint density at radius 2 is 1.93 bits per heavy atom. The number of hydrogen-bond donors (Lipinski definition) is 0. The minimum Gasteiger partial charge on any atom is -0.469 e. The number of ether oxygens (including phenoxy) is 1. The zero-order chi connectivity index (χ0) is 10.8. The molecular weight excluding hydrogens is 180 g/mol. The summed E-state index contributed by atoms with van der Waals surface area (Å²) in [6.07, 6.45) is 7.60. The van der Waals surface area contributed by atoms with Gasteiger partial charge in [0.1, 0.15) is 5.78 Å². The van der Waals surface area contributed by atoms with Crippen molar-refractivity contribution in [3.63, 3.8) is 0 Å². The lowest BCUT2D eigenvalue weighted by Crippen LogP contribution is -1.96. The van der Waals surface area contributed by atoms with E-state index < -0.39 is 0 Å². The standard InChI is InChI=1S/C11H18O3/c1-10(12)8-6-4-3-5-7-9-11(13)14-2/h5,7H,3-4,6,8-9H2,1-2H3/b7-5+. The van der Waals surface area contributed by atoms with Crippen molar-refractivity contribution >= 4 is 11.8 Å². The molecule has 0 spiro atoms. The lowest BCUT2D eigenvalue weighted by atomic mass is 10.1. The normalized spacial score (nSPS) is 10.4. The third kappa shape index (κ3) is 8.97. The van der Waals surface area contributed by atoms with E-state index in [2.05, 4.69) is 4.74 Å². The minimum atomic E-state index is -0.218. The maximum absolute atomic E-state index is 10.7. The molecule has 0 radical (unpaired) electrons. The van der Waals surface area contributed by atoms with Crippen LogP contribution in [0, 0.1) is 0 Å². The molecule has 0 saturated carbocycles. The molecule has 0 aliphatic heterocycles. The van der Waals surface area contributed by atoms with Gasteiger partial charge in [0, 0.05) is 6.42 Å². The number of methoxy groups -OCH3 is 1. The van der Waals surface area contributed by atoms with Gasteiger partial charge in [-0.15, -0.1) is 0 Å². The van der Waals surface area contributed by atoms with E-state index in [-0.39, 0.29) is 11.8 Å². The molecule has 0 amide bonds. The molecule has 0 atom stereocenters. The third-order valence-corrected chi connectivity index (χ3v) is 1.83. The van der Waals surface area contributed by atoms with E-state index in [0.29, 0.717) is 12.8 Å². The molecule has 0 aliphatic carbocycles. The molecule has 0 aliphatic rings. The third-order valence-electron chi connectivity index (χ3n) is 1.83. The van der Waals surface area contributed by atoms with Gasteiger partial charge in [0.15, 0.2) is 0 Å². The molecule has 0 aromatic carbocycles. The maximum Gasteiger partial charge on any atom is 0.309 e. The SMILES string of the molecule is COC(=O)C/C=C/CCCCC(C)=O. The summed E-state index contributed by atoms with van der Waals surface area (Å²) in [5.41, 5.74) is 0. The maximum atomic E-state index is 10.7. The van der Waals surface area contributed by atoms with Crippen molar-refractivity contribution in [2.24, 2.45) is 0 Å². The largest absolute Gasteiger partial charge is 0.469 e. The van der Waals surface area contributed by atoms with E-state index in [1.165, 1.54) is 7.11 Å². The summed E-state index contributed by atoms with van der Waals surface area (Å²) >= 11 is 0. The summed E-state index contributed by atoms with van der Waals surface area (Å²) < 4.78 is 4.47. The Hall–Kier alpha value is -1.12. The van der Waals surface area contributed by atoms with Gasteiger partial charge in [-0.3, -0.25) is 4.79 Å². The van der Waals surface area contributed by atoms with Crippen LogP contribution in [0.25, 0.3) is 0 Å². The molecule has 3 heteroatoms. The average molecular weight is 198 g/mol. The molecule has 0 bridgehead atoms. The van der Waals surface area contributed by atoms with Gasteiger partial charge in [-0.1, -0.05) is 12.2 Å². The van der Waals surface area contributed by atoms with Crippen molar-refractivity contribution in [3.8, 4) is 0 Å². The van der Waals surface area contributed by atoms with Crippen LogP contribution in [0.5, 0.6) is 0 Å². The zero-order valence-corrected chi connectivity index (χ0v) is 8.91. The summed E-state index contributed by atoms with van der Waals surface area (Å²) in [7, 11) is 1.38. The van der Waals surface area contributed by atoms with Crippen LogP contribution in [0.15, 0.2) is 12.2 Å². The number of rotatable bonds is 7. The van der Waals surface area contributed by atoms with Crippen LogP contribution in [0.4, 0.5) is 0 Å². The van der Waals surface area contributed by atoms with Crippen LogP contribution in [0.3, 0.4) is 0 Å². The highest BCUT2D eigenvalue weighted by Crippen LogP contribution is 2.01. The van der Waals surface area contributed by atoms with Gasteiger partial charge >= 0.3 is 5.97 Å². The molecule has 0 saturated heterocycles. The average Bonchev–Trinajstić information content (AvgIpc) is 2.15. The number of carbonyl (C=O) groups is 2. The number of Topliss-reactive ketones (excluding diaryl/α,β-unsaturated/α-hetero) is 1. The van der Waals surface area contributed by atoms with E-state index in [9.17, 15) is 9.59 Å². The summed E-state index contributed by atoms with van der Waals surface area (Å²) in [4.78, 5) is 21.3. The Labute approximate surface area is 85.1 Å². The molecule has 14 heavy (non-hydrogen) atoms. The molecule has 80 valence electrons. The van der Waals surface area contributed by atoms with Crippen LogP contribution in [-0.2, 0) is 14.3 Å². The number of ketones is 1. The molecular formula is C11H18O3. The number of esters is 1. The number of carbonyl (C=O) groups excluding carboxylic acids is 2. The smallest absolute Gasteiger partial charge is 0.309 e.